The zero-order valence-corrected chi connectivity index (χ0v) is 14.3. The maximum Gasteiger partial charge on any atom is 0.240 e. The number of nitrogens with one attached hydrogen (secondary N) is 2. The summed E-state index contributed by atoms with van der Waals surface area (Å²) in [6, 6.07) is 5.54. The average Bonchev–Trinajstić information content (AvgIpc) is 2.98. The largest absolute Gasteiger partial charge is 0.493 e. The molecule has 1 saturated heterocycles. The van der Waals surface area contributed by atoms with Gasteiger partial charge in [-0.05, 0) is 44.0 Å². The van der Waals surface area contributed by atoms with Crippen LogP contribution < -0.4 is 20.1 Å². The summed E-state index contributed by atoms with van der Waals surface area (Å²) in [4.78, 5) is 12.3. The van der Waals surface area contributed by atoms with Crippen molar-refractivity contribution < 1.29 is 14.3 Å². The van der Waals surface area contributed by atoms with E-state index in [2.05, 4.69) is 16.6 Å². The highest BCUT2D eigenvalue weighted by Gasteiger charge is 2.35. The van der Waals surface area contributed by atoms with Gasteiger partial charge in [0.15, 0.2) is 11.5 Å². The maximum atomic E-state index is 12.3. The first-order valence-corrected chi connectivity index (χ1v) is 7.35. The van der Waals surface area contributed by atoms with E-state index in [1.54, 1.807) is 7.11 Å². The molecule has 23 heavy (non-hydrogen) atoms. The summed E-state index contributed by atoms with van der Waals surface area (Å²) in [7, 11) is 1.58. The van der Waals surface area contributed by atoms with Crippen LogP contribution >= 0.6 is 12.4 Å². The average molecular weight is 339 g/mol. The minimum Gasteiger partial charge on any atom is -0.493 e. The summed E-state index contributed by atoms with van der Waals surface area (Å²) < 4.78 is 10.7. The van der Waals surface area contributed by atoms with Gasteiger partial charge in [-0.15, -0.1) is 18.8 Å². The minimum atomic E-state index is -0.463. The fourth-order valence-corrected chi connectivity index (χ4v) is 2.53. The van der Waals surface area contributed by atoms with Gasteiger partial charge in [-0.25, -0.2) is 0 Å². The lowest BCUT2D eigenvalue weighted by atomic mass is 9.99. The molecule has 0 saturated carbocycles. The summed E-state index contributed by atoms with van der Waals surface area (Å²) in [6.07, 6.45) is 7.09. The van der Waals surface area contributed by atoms with Crippen LogP contribution in [0.25, 0.3) is 0 Å². The molecule has 2 rings (SSSR count). The number of methoxy groups -OCH3 is 1. The van der Waals surface area contributed by atoms with Crippen LogP contribution in [0.5, 0.6) is 11.5 Å². The molecule has 1 aromatic carbocycles. The molecule has 0 aliphatic carbocycles. The number of ether oxygens (including phenoxy) is 2. The van der Waals surface area contributed by atoms with Crippen LogP contribution in [-0.4, -0.2) is 31.7 Å². The Morgan fingerprint density at radius 2 is 2.26 bits per heavy atom. The third-order valence-corrected chi connectivity index (χ3v) is 3.86. The number of halogens is 1. The summed E-state index contributed by atoms with van der Waals surface area (Å²) in [5.74, 6) is 3.64. The van der Waals surface area contributed by atoms with Gasteiger partial charge in [0.25, 0.3) is 0 Å². The lowest BCUT2D eigenvalue weighted by molar-refractivity contribution is -0.126. The van der Waals surface area contributed by atoms with Crippen LogP contribution in [-0.2, 0) is 11.3 Å². The van der Waals surface area contributed by atoms with E-state index in [9.17, 15) is 4.79 Å². The van der Waals surface area contributed by atoms with E-state index in [0.29, 0.717) is 18.0 Å². The van der Waals surface area contributed by atoms with Crippen LogP contribution in [0.2, 0.25) is 0 Å². The van der Waals surface area contributed by atoms with Crippen molar-refractivity contribution in [2.24, 2.45) is 0 Å². The lowest BCUT2D eigenvalue weighted by Gasteiger charge is -2.23. The molecule has 1 heterocycles. The molecule has 0 spiro atoms. The molecule has 1 amide bonds. The van der Waals surface area contributed by atoms with Gasteiger partial charge in [-0.2, -0.15) is 0 Å². The quantitative estimate of drug-likeness (QED) is 0.778. The minimum absolute atomic E-state index is 0. The Balaban J connectivity index is 0.00000264. The van der Waals surface area contributed by atoms with Crippen LogP contribution in [0.1, 0.15) is 25.3 Å². The number of carbonyl (C=O) groups excluding carboxylic acids is 1. The molecule has 126 valence electrons. The third-order valence-electron chi connectivity index (χ3n) is 3.86. The van der Waals surface area contributed by atoms with Gasteiger partial charge in [-0.1, -0.05) is 12.0 Å². The standard InChI is InChI=1S/C17H22N2O3.ClH/c1-4-10-22-15-11-13(6-7-14(15)21-3)12-18-16(20)17(2)8-5-9-19-17;/h1,6-7,11,19H,5,8-10,12H2,2-3H3,(H,18,20);1H. The number of benzene rings is 1. The molecule has 1 atom stereocenters. The van der Waals surface area contributed by atoms with Crippen molar-refractivity contribution in [1.82, 2.24) is 10.6 Å². The van der Waals surface area contributed by atoms with E-state index in [0.717, 1.165) is 24.9 Å². The van der Waals surface area contributed by atoms with Crippen molar-refractivity contribution in [2.75, 3.05) is 20.3 Å². The molecule has 0 radical (unpaired) electrons. The highest BCUT2D eigenvalue weighted by molar-refractivity contribution is 5.86. The van der Waals surface area contributed by atoms with Crippen LogP contribution in [0.3, 0.4) is 0 Å². The number of terminal acetylenes is 1. The molecular weight excluding hydrogens is 316 g/mol. The van der Waals surface area contributed by atoms with Crippen molar-refractivity contribution in [3.05, 3.63) is 23.8 Å². The Labute approximate surface area is 143 Å². The van der Waals surface area contributed by atoms with Gasteiger partial charge >= 0.3 is 0 Å². The molecule has 1 aromatic rings. The second-order valence-corrected chi connectivity index (χ2v) is 5.52. The van der Waals surface area contributed by atoms with Crippen LogP contribution in [0.4, 0.5) is 0 Å². The van der Waals surface area contributed by atoms with E-state index in [4.69, 9.17) is 15.9 Å². The molecule has 0 aromatic heterocycles. The highest BCUT2D eigenvalue weighted by atomic mass is 35.5. The zero-order chi connectivity index (χ0) is 16.0. The zero-order valence-electron chi connectivity index (χ0n) is 13.5. The summed E-state index contributed by atoms with van der Waals surface area (Å²) >= 11 is 0. The van der Waals surface area contributed by atoms with Crippen molar-refractivity contribution in [1.29, 1.82) is 0 Å². The number of carbonyl (C=O) groups is 1. The predicted octanol–water partition coefficient (Wildman–Crippen LogP) is 1.89. The Kier molecular flexibility index (Phi) is 7.21. The summed E-state index contributed by atoms with van der Waals surface area (Å²) in [5.41, 5.74) is 0.470. The smallest absolute Gasteiger partial charge is 0.240 e. The molecule has 2 N–H and O–H groups in total. The van der Waals surface area contributed by atoms with Crippen molar-refractivity contribution in [3.63, 3.8) is 0 Å². The van der Waals surface area contributed by atoms with E-state index in [1.165, 1.54) is 0 Å². The second kappa shape index (κ2) is 8.66. The van der Waals surface area contributed by atoms with E-state index < -0.39 is 5.54 Å². The first-order valence-electron chi connectivity index (χ1n) is 7.35. The molecule has 1 fully saturated rings. The topological polar surface area (TPSA) is 59.6 Å². The Bertz CT molecular complexity index is 578. The third kappa shape index (κ3) is 4.78. The fourth-order valence-electron chi connectivity index (χ4n) is 2.53. The van der Waals surface area contributed by atoms with Gasteiger partial charge in [-0.3, -0.25) is 4.79 Å². The van der Waals surface area contributed by atoms with Crippen LogP contribution in [0, 0.1) is 12.3 Å². The maximum absolute atomic E-state index is 12.3. The Morgan fingerprint density at radius 3 is 2.87 bits per heavy atom. The van der Waals surface area contributed by atoms with Crippen molar-refractivity contribution in [2.45, 2.75) is 31.8 Å². The van der Waals surface area contributed by atoms with E-state index in [-0.39, 0.29) is 24.9 Å². The highest BCUT2D eigenvalue weighted by Crippen LogP contribution is 2.28. The van der Waals surface area contributed by atoms with E-state index in [1.807, 2.05) is 25.1 Å². The van der Waals surface area contributed by atoms with Crippen LogP contribution in [0.15, 0.2) is 18.2 Å². The number of hydrogen-bond acceptors (Lipinski definition) is 4. The van der Waals surface area contributed by atoms with Gasteiger partial charge in [0.2, 0.25) is 5.91 Å². The van der Waals surface area contributed by atoms with Gasteiger partial charge < -0.3 is 20.1 Å². The first kappa shape index (κ1) is 19.1. The fraction of sp³-hybridized carbons (Fsp3) is 0.471. The number of amides is 1. The predicted molar refractivity (Wildman–Crippen MR) is 92.1 cm³/mol. The van der Waals surface area contributed by atoms with Crippen molar-refractivity contribution in [3.8, 4) is 23.8 Å². The van der Waals surface area contributed by atoms with E-state index >= 15 is 0 Å². The summed E-state index contributed by atoms with van der Waals surface area (Å²) in [6.45, 7) is 3.43. The molecule has 0 bridgehead atoms. The van der Waals surface area contributed by atoms with Gasteiger partial charge in [0.05, 0.1) is 12.6 Å². The summed E-state index contributed by atoms with van der Waals surface area (Å²) in [5, 5.41) is 6.21. The molecule has 1 aliphatic rings. The normalized spacial score (nSPS) is 19.3. The molecule has 1 unspecified atom stereocenters. The molecular formula is C17H23ClN2O3. The number of hydrogen-bond donors (Lipinski definition) is 2. The lowest BCUT2D eigenvalue weighted by Crippen LogP contribution is -2.50. The van der Waals surface area contributed by atoms with Crippen molar-refractivity contribution >= 4 is 18.3 Å². The monoisotopic (exact) mass is 338 g/mol. The molecule has 1 aliphatic heterocycles. The van der Waals surface area contributed by atoms with Gasteiger partial charge in [0.1, 0.15) is 6.61 Å². The Morgan fingerprint density at radius 1 is 1.48 bits per heavy atom. The second-order valence-electron chi connectivity index (χ2n) is 5.52. The van der Waals surface area contributed by atoms with Gasteiger partial charge in [0, 0.05) is 6.54 Å². The SMILES string of the molecule is C#CCOc1cc(CNC(=O)C2(C)CCCN2)ccc1OC.Cl. The first-order chi connectivity index (χ1) is 10.6. The number of rotatable bonds is 6. The molecule has 5 nitrogen and oxygen atoms in total. The molecule has 6 heteroatoms. The Hall–Kier alpha value is -1.90.